The second kappa shape index (κ2) is 7.23. The summed E-state index contributed by atoms with van der Waals surface area (Å²) in [6.45, 7) is 1.33. The molecule has 0 radical (unpaired) electrons. The van der Waals surface area contributed by atoms with Gasteiger partial charge in [-0.3, -0.25) is 9.59 Å². The highest BCUT2D eigenvalue weighted by atomic mass is 35.5. The molecule has 2 aromatic rings. The van der Waals surface area contributed by atoms with Crippen molar-refractivity contribution >= 4 is 34.8 Å². The van der Waals surface area contributed by atoms with Gasteiger partial charge in [0.25, 0.3) is 0 Å². The van der Waals surface area contributed by atoms with Crippen LogP contribution < -0.4 is 10.6 Å². The number of carbonyl (C=O) groups excluding carboxylic acids is 2. The van der Waals surface area contributed by atoms with Gasteiger partial charge in [-0.1, -0.05) is 29.8 Å². The molecule has 8 heteroatoms. The Hall–Kier alpha value is -2.54. The van der Waals surface area contributed by atoms with Gasteiger partial charge in [0.15, 0.2) is 0 Å². The number of hydrogen-bond acceptors (Lipinski definition) is 2. The molecule has 2 atom stereocenters. The molecule has 0 aliphatic heterocycles. The lowest BCUT2D eigenvalue weighted by molar-refractivity contribution is -0.138. The van der Waals surface area contributed by atoms with Crippen molar-refractivity contribution in [3.8, 4) is 0 Å². The number of anilines is 2. The number of halogens is 4. The fourth-order valence-corrected chi connectivity index (χ4v) is 3.20. The van der Waals surface area contributed by atoms with E-state index in [0.29, 0.717) is 22.8 Å². The number of carbonyl (C=O) groups is 2. The normalized spacial score (nSPS) is 18.7. The molecule has 27 heavy (non-hydrogen) atoms. The van der Waals surface area contributed by atoms with E-state index in [0.717, 1.165) is 6.07 Å². The number of benzene rings is 2. The highest BCUT2D eigenvalue weighted by Gasteiger charge is 2.47. The topological polar surface area (TPSA) is 58.2 Å². The summed E-state index contributed by atoms with van der Waals surface area (Å²) in [5.41, 5.74) is 0.185. The van der Waals surface area contributed by atoms with Crippen molar-refractivity contribution in [3.05, 3.63) is 58.6 Å². The maximum absolute atomic E-state index is 13.2. The van der Waals surface area contributed by atoms with Crippen LogP contribution in [0.25, 0.3) is 0 Å². The number of rotatable bonds is 4. The van der Waals surface area contributed by atoms with E-state index in [4.69, 9.17) is 11.6 Å². The monoisotopic (exact) mass is 396 g/mol. The third kappa shape index (κ3) is 4.42. The van der Waals surface area contributed by atoms with Gasteiger partial charge in [-0.25, -0.2) is 0 Å². The molecule has 2 N–H and O–H groups in total. The first kappa shape index (κ1) is 19.2. The Morgan fingerprint density at radius 2 is 1.81 bits per heavy atom. The molecule has 2 unspecified atom stereocenters. The van der Waals surface area contributed by atoms with Crippen LogP contribution in [0.15, 0.2) is 42.5 Å². The second-order valence-electron chi connectivity index (χ2n) is 6.40. The van der Waals surface area contributed by atoms with Crippen molar-refractivity contribution in [1.82, 2.24) is 0 Å². The van der Waals surface area contributed by atoms with Gasteiger partial charge in [0.1, 0.15) is 0 Å². The highest BCUT2D eigenvalue weighted by molar-refractivity contribution is 6.33. The molecular weight excluding hydrogens is 381 g/mol. The average molecular weight is 397 g/mol. The van der Waals surface area contributed by atoms with Gasteiger partial charge < -0.3 is 10.6 Å². The van der Waals surface area contributed by atoms with E-state index >= 15 is 0 Å². The van der Waals surface area contributed by atoms with E-state index in [-0.39, 0.29) is 17.4 Å². The molecule has 3 rings (SSSR count). The molecule has 0 saturated heterocycles. The molecule has 1 aliphatic carbocycles. The molecule has 2 aromatic carbocycles. The quantitative estimate of drug-likeness (QED) is 0.759. The van der Waals surface area contributed by atoms with E-state index in [1.54, 1.807) is 6.07 Å². The van der Waals surface area contributed by atoms with Crippen molar-refractivity contribution in [3.63, 3.8) is 0 Å². The first-order valence-corrected chi connectivity index (χ1v) is 8.58. The Labute approximate surface area is 158 Å². The minimum Gasteiger partial charge on any atom is -0.326 e. The van der Waals surface area contributed by atoms with Crippen molar-refractivity contribution in [2.75, 3.05) is 10.6 Å². The summed E-state index contributed by atoms with van der Waals surface area (Å²) >= 11 is 5.98. The molecule has 0 bridgehead atoms. The largest absolute Gasteiger partial charge is 0.416 e. The van der Waals surface area contributed by atoms with Gasteiger partial charge in [0, 0.05) is 18.5 Å². The smallest absolute Gasteiger partial charge is 0.326 e. The Kier molecular flexibility index (Phi) is 5.15. The Morgan fingerprint density at radius 3 is 2.48 bits per heavy atom. The number of hydrogen-bond donors (Lipinski definition) is 2. The molecule has 0 heterocycles. The van der Waals surface area contributed by atoms with Crippen molar-refractivity contribution in [2.45, 2.75) is 25.4 Å². The average Bonchev–Trinajstić information content (AvgIpc) is 3.37. The van der Waals surface area contributed by atoms with Crippen LogP contribution in [0.3, 0.4) is 0 Å². The Balaban J connectivity index is 1.72. The molecule has 1 saturated carbocycles. The van der Waals surface area contributed by atoms with Crippen LogP contribution in [0.5, 0.6) is 0 Å². The van der Waals surface area contributed by atoms with Gasteiger partial charge >= 0.3 is 6.18 Å². The summed E-state index contributed by atoms with van der Waals surface area (Å²) in [5, 5.41) is 5.53. The second-order valence-corrected chi connectivity index (χ2v) is 6.81. The summed E-state index contributed by atoms with van der Waals surface area (Å²) in [6, 6.07) is 9.90. The molecular formula is C19H16ClF3N2O2. The first-order valence-electron chi connectivity index (χ1n) is 8.21. The van der Waals surface area contributed by atoms with Crippen LogP contribution in [0.1, 0.15) is 30.4 Å². The van der Waals surface area contributed by atoms with Crippen LogP contribution in [0.2, 0.25) is 5.02 Å². The number of amides is 2. The summed E-state index contributed by atoms with van der Waals surface area (Å²) in [6.07, 6.45) is -4.10. The molecule has 4 nitrogen and oxygen atoms in total. The van der Waals surface area contributed by atoms with Crippen molar-refractivity contribution < 1.29 is 22.8 Å². The minimum atomic E-state index is -4.45. The predicted octanol–water partition coefficient (Wildman–Crippen LogP) is 5.06. The third-order valence-corrected chi connectivity index (χ3v) is 4.67. The minimum absolute atomic E-state index is 0.139. The van der Waals surface area contributed by atoms with Gasteiger partial charge in [-0.05, 0) is 42.2 Å². The number of nitrogens with one attached hydrogen (secondary N) is 2. The van der Waals surface area contributed by atoms with Gasteiger partial charge in [-0.15, -0.1) is 0 Å². The molecule has 1 aliphatic rings. The summed E-state index contributed by atoms with van der Waals surface area (Å²) in [7, 11) is 0. The molecule has 142 valence electrons. The lowest BCUT2D eigenvalue weighted by atomic mass is 10.0. The van der Waals surface area contributed by atoms with Crippen molar-refractivity contribution in [1.29, 1.82) is 0 Å². The van der Waals surface area contributed by atoms with Crippen LogP contribution in [-0.4, -0.2) is 11.8 Å². The van der Waals surface area contributed by atoms with Crippen LogP contribution in [-0.2, 0) is 15.8 Å². The summed E-state index contributed by atoms with van der Waals surface area (Å²) < 4.78 is 39.5. The fraction of sp³-hybridized carbons (Fsp3) is 0.263. The van der Waals surface area contributed by atoms with Crippen LogP contribution in [0, 0.1) is 5.92 Å². The van der Waals surface area contributed by atoms with Gasteiger partial charge in [0.2, 0.25) is 11.8 Å². The third-order valence-electron chi connectivity index (χ3n) is 4.34. The predicted molar refractivity (Wildman–Crippen MR) is 96.7 cm³/mol. The van der Waals surface area contributed by atoms with E-state index in [1.165, 1.54) is 37.3 Å². The van der Waals surface area contributed by atoms with Crippen LogP contribution in [0.4, 0.5) is 24.5 Å². The van der Waals surface area contributed by atoms with E-state index in [9.17, 15) is 22.8 Å². The van der Waals surface area contributed by atoms with Gasteiger partial charge in [-0.2, -0.15) is 13.2 Å². The van der Waals surface area contributed by atoms with E-state index in [2.05, 4.69) is 10.6 Å². The van der Waals surface area contributed by atoms with Crippen molar-refractivity contribution in [2.24, 2.45) is 5.92 Å². The molecule has 1 fully saturated rings. The molecule has 2 amide bonds. The summed E-state index contributed by atoms with van der Waals surface area (Å²) in [4.78, 5) is 23.6. The lowest BCUT2D eigenvalue weighted by Gasteiger charge is -2.13. The van der Waals surface area contributed by atoms with E-state index in [1.807, 2.05) is 0 Å². The molecule has 0 aromatic heterocycles. The zero-order chi connectivity index (χ0) is 19.8. The zero-order valence-corrected chi connectivity index (χ0v) is 15.0. The number of alkyl halides is 3. The first-order chi connectivity index (χ1) is 12.7. The maximum Gasteiger partial charge on any atom is 0.416 e. The maximum atomic E-state index is 13.2. The Bertz CT molecular complexity index is 899. The van der Waals surface area contributed by atoms with Gasteiger partial charge in [0.05, 0.1) is 16.3 Å². The Morgan fingerprint density at radius 1 is 1.11 bits per heavy atom. The van der Waals surface area contributed by atoms with Crippen LogP contribution >= 0.6 is 11.6 Å². The molecule has 0 spiro atoms. The highest BCUT2D eigenvalue weighted by Crippen LogP contribution is 2.51. The SMILES string of the molecule is CC(=O)Nc1cc(NC(=O)C2CC2c2ccccc2C(F)(F)F)ccc1Cl. The fourth-order valence-electron chi connectivity index (χ4n) is 3.03. The standard InChI is InChI=1S/C19H16ClF3N2O2/c1-10(26)24-17-8-11(6-7-16(17)20)25-18(27)14-9-13(14)12-4-2-3-5-15(12)19(21,22)23/h2-8,13-14H,9H2,1H3,(H,24,26)(H,25,27). The zero-order valence-electron chi connectivity index (χ0n) is 14.2. The summed E-state index contributed by atoms with van der Waals surface area (Å²) in [5.74, 6) is -1.68. The van der Waals surface area contributed by atoms with E-state index < -0.39 is 23.6 Å². The lowest BCUT2D eigenvalue weighted by Crippen LogP contribution is -2.16.